The summed E-state index contributed by atoms with van der Waals surface area (Å²) in [6.45, 7) is 3.01. The highest BCUT2D eigenvalue weighted by molar-refractivity contribution is 6.29. The number of nitrogens with one attached hydrogen (secondary N) is 1. The molecule has 2 heterocycles. The molecular weight excluding hydrogens is 212 g/mol. The average molecular weight is 227 g/mol. The van der Waals surface area contributed by atoms with Gasteiger partial charge in [0.1, 0.15) is 0 Å². The molecule has 1 aromatic rings. The summed E-state index contributed by atoms with van der Waals surface area (Å²) in [7, 11) is 2.12. The Kier molecular flexibility index (Phi) is 3.51. The fourth-order valence-corrected chi connectivity index (χ4v) is 1.93. The van der Waals surface area contributed by atoms with Crippen LogP contribution in [-0.4, -0.2) is 41.3 Å². The summed E-state index contributed by atoms with van der Waals surface area (Å²) in [6.07, 6.45) is 1.21. The molecule has 0 aliphatic carbocycles. The molecule has 0 radical (unpaired) electrons. The van der Waals surface area contributed by atoms with Gasteiger partial charge < -0.3 is 5.32 Å². The number of halogens is 1. The molecule has 1 aromatic heterocycles. The van der Waals surface area contributed by atoms with E-state index in [4.69, 9.17) is 11.6 Å². The van der Waals surface area contributed by atoms with Crippen LogP contribution >= 0.6 is 11.6 Å². The van der Waals surface area contributed by atoms with Gasteiger partial charge in [-0.2, -0.15) is 5.10 Å². The highest BCUT2D eigenvalue weighted by Gasteiger charge is 2.19. The van der Waals surface area contributed by atoms with Crippen molar-refractivity contribution in [3.05, 3.63) is 23.0 Å². The van der Waals surface area contributed by atoms with Crippen molar-refractivity contribution < 1.29 is 0 Å². The Labute approximate surface area is 94.6 Å². The minimum absolute atomic E-state index is 0.448. The minimum atomic E-state index is 0.448. The maximum atomic E-state index is 5.68. The number of hydrogen-bond donors (Lipinski definition) is 1. The highest BCUT2D eigenvalue weighted by Crippen LogP contribution is 2.10. The van der Waals surface area contributed by atoms with Gasteiger partial charge in [0, 0.05) is 19.1 Å². The zero-order valence-electron chi connectivity index (χ0n) is 8.78. The topological polar surface area (TPSA) is 41.1 Å². The molecule has 0 amide bonds. The van der Waals surface area contributed by atoms with Crippen molar-refractivity contribution in [2.75, 3.05) is 20.1 Å². The lowest BCUT2D eigenvalue weighted by Crippen LogP contribution is -2.33. The van der Waals surface area contributed by atoms with Gasteiger partial charge in [-0.05, 0) is 32.1 Å². The van der Waals surface area contributed by atoms with Crippen molar-refractivity contribution >= 4 is 11.6 Å². The fourth-order valence-electron chi connectivity index (χ4n) is 1.83. The van der Waals surface area contributed by atoms with Crippen LogP contribution in [0.5, 0.6) is 0 Å². The summed E-state index contributed by atoms with van der Waals surface area (Å²) in [5, 5.41) is 11.7. The predicted octanol–water partition coefficient (Wildman–Crippen LogP) is 0.924. The van der Waals surface area contributed by atoms with E-state index >= 15 is 0 Å². The van der Waals surface area contributed by atoms with Crippen LogP contribution in [0.25, 0.3) is 0 Å². The van der Waals surface area contributed by atoms with E-state index in [-0.39, 0.29) is 0 Å². The van der Waals surface area contributed by atoms with E-state index in [0.29, 0.717) is 11.2 Å². The Morgan fingerprint density at radius 1 is 1.53 bits per heavy atom. The lowest BCUT2D eigenvalue weighted by Gasteiger charge is -2.22. The van der Waals surface area contributed by atoms with Gasteiger partial charge in [0.05, 0.1) is 5.69 Å². The summed E-state index contributed by atoms with van der Waals surface area (Å²) < 4.78 is 0. The van der Waals surface area contributed by atoms with Crippen molar-refractivity contribution in [3.63, 3.8) is 0 Å². The molecule has 0 spiro atoms. The first-order valence-electron chi connectivity index (χ1n) is 5.15. The van der Waals surface area contributed by atoms with Gasteiger partial charge in [-0.3, -0.25) is 4.90 Å². The monoisotopic (exact) mass is 226 g/mol. The Hall–Kier alpha value is -0.710. The van der Waals surface area contributed by atoms with Crippen LogP contribution in [0.15, 0.2) is 12.1 Å². The van der Waals surface area contributed by atoms with Crippen LogP contribution < -0.4 is 5.32 Å². The maximum Gasteiger partial charge on any atom is 0.151 e. The molecule has 15 heavy (non-hydrogen) atoms. The molecule has 0 unspecified atom stereocenters. The number of aromatic nitrogens is 2. The number of hydrogen-bond acceptors (Lipinski definition) is 4. The zero-order chi connectivity index (χ0) is 10.7. The molecule has 0 bridgehead atoms. The summed E-state index contributed by atoms with van der Waals surface area (Å²) >= 11 is 5.68. The van der Waals surface area contributed by atoms with E-state index in [1.54, 1.807) is 6.07 Å². The molecule has 82 valence electrons. The second-order valence-electron chi connectivity index (χ2n) is 3.91. The van der Waals surface area contributed by atoms with Gasteiger partial charge in [-0.25, -0.2) is 0 Å². The van der Waals surface area contributed by atoms with Gasteiger partial charge in [0.25, 0.3) is 0 Å². The first-order valence-corrected chi connectivity index (χ1v) is 5.52. The third-order valence-electron chi connectivity index (χ3n) is 2.76. The Morgan fingerprint density at radius 3 is 3.00 bits per heavy atom. The summed E-state index contributed by atoms with van der Waals surface area (Å²) in [5.74, 6) is 0. The lowest BCUT2D eigenvalue weighted by molar-refractivity contribution is 0.245. The SMILES string of the molecule is CN(Cc1ccc(Cl)nn1)[C@H]1CCNC1. The Morgan fingerprint density at radius 2 is 2.40 bits per heavy atom. The molecule has 4 nitrogen and oxygen atoms in total. The van der Waals surface area contributed by atoms with E-state index in [0.717, 1.165) is 25.3 Å². The molecule has 1 aliphatic rings. The first kappa shape index (κ1) is 10.8. The second-order valence-corrected chi connectivity index (χ2v) is 4.30. The molecule has 0 saturated carbocycles. The van der Waals surface area contributed by atoms with Crippen molar-refractivity contribution in [1.82, 2.24) is 20.4 Å². The number of nitrogens with zero attached hydrogens (tertiary/aromatic N) is 3. The van der Waals surface area contributed by atoms with Gasteiger partial charge in [0.2, 0.25) is 0 Å². The van der Waals surface area contributed by atoms with Gasteiger partial charge in [-0.1, -0.05) is 11.6 Å². The number of likely N-dealkylation sites (N-methyl/N-ethyl adjacent to an activating group) is 1. The summed E-state index contributed by atoms with van der Waals surface area (Å²) in [6, 6.07) is 4.32. The van der Waals surface area contributed by atoms with Crippen LogP contribution in [-0.2, 0) is 6.54 Å². The zero-order valence-corrected chi connectivity index (χ0v) is 9.54. The molecule has 0 aromatic carbocycles. The van der Waals surface area contributed by atoms with Crippen LogP contribution in [0.3, 0.4) is 0 Å². The van der Waals surface area contributed by atoms with Crippen molar-refractivity contribution in [3.8, 4) is 0 Å². The van der Waals surface area contributed by atoms with Crippen LogP contribution in [0.4, 0.5) is 0 Å². The van der Waals surface area contributed by atoms with Crippen molar-refractivity contribution in [1.29, 1.82) is 0 Å². The van der Waals surface area contributed by atoms with Gasteiger partial charge in [0.15, 0.2) is 5.15 Å². The van der Waals surface area contributed by atoms with E-state index in [2.05, 4.69) is 27.5 Å². The molecule has 1 saturated heterocycles. The molecule has 1 fully saturated rings. The molecule has 2 rings (SSSR count). The number of rotatable bonds is 3. The minimum Gasteiger partial charge on any atom is -0.315 e. The standard InChI is InChI=1S/C10H15ClN4/c1-15(9-4-5-12-6-9)7-8-2-3-10(11)14-13-8/h2-3,9,12H,4-7H2,1H3/t9-/m0/s1. The Bertz CT molecular complexity index is 308. The average Bonchev–Trinajstić information content (AvgIpc) is 2.74. The molecule has 5 heteroatoms. The first-order chi connectivity index (χ1) is 7.25. The molecular formula is C10H15ClN4. The van der Waals surface area contributed by atoms with E-state index in [9.17, 15) is 0 Å². The predicted molar refractivity (Wildman–Crippen MR) is 59.8 cm³/mol. The normalized spacial score (nSPS) is 21.1. The van der Waals surface area contributed by atoms with Crippen LogP contribution in [0, 0.1) is 0 Å². The largest absolute Gasteiger partial charge is 0.315 e. The van der Waals surface area contributed by atoms with Gasteiger partial charge in [-0.15, -0.1) is 5.10 Å². The Balaban J connectivity index is 1.92. The van der Waals surface area contributed by atoms with Crippen molar-refractivity contribution in [2.45, 2.75) is 19.0 Å². The second kappa shape index (κ2) is 4.88. The van der Waals surface area contributed by atoms with Gasteiger partial charge >= 0.3 is 0 Å². The smallest absolute Gasteiger partial charge is 0.151 e. The van der Waals surface area contributed by atoms with Crippen LogP contribution in [0.1, 0.15) is 12.1 Å². The van der Waals surface area contributed by atoms with E-state index < -0.39 is 0 Å². The van der Waals surface area contributed by atoms with Crippen molar-refractivity contribution in [2.24, 2.45) is 0 Å². The maximum absolute atomic E-state index is 5.68. The third kappa shape index (κ3) is 2.87. The highest BCUT2D eigenvalue weighted by atomic mass is 35.5. The van der Waals surface area contributed by atoms with E-state index in [1.807, 2.05) is 6.07 Å². The summed E-state index contributed by atoms with van der Waals surface area (Å²) in [5.41, 5.74) is 0.966. The molecule has 1 atom stereocenters. The lowest BCUT2D eigenvalue weighted by atomic mass is 10.2. The third-order valence-corrected chi connectivity index (χ3v) is 2.96. The van der Waals surface area contributed by atoms with E-state index in [1.165, 1.54) is 6.42 Å². The van der Waals surface area contributed by atoms with Crippen LogP contribution in [0.2, 0.25) is 5.15 Å². The fraction of sp³-hybridized carbons (Fsp3) is 0.600. The summed E-state index contributed by atoms with van der Waals surface area (Å²) in [4.78, 5) is 2.30. The quantitative estimate of drug-likeness (QED) is 0.833. The molecule has 1 aliphatic heterocycles. The molecule has 1 N–H and O–H groups in total.